The van der Waals surface area contributed by atoms with Gasteiger partial charge >= 0.3 is 5.97 Å². The van der Waals surface area contributed by atoms with E-state index in [0.717, 1.165) is 0 Å². The van der Waals surface area contributed by atoms with Crippen LogP contribution in [0, 0.1) is 0 Å². The van der Waals surface area contributed by atoms with Gasteiger partial charge in [-0.15, -0.1) is 0 Å². The van der Waals surface area contributed by atoms with Gasteiger partial charge in [-0.2, -0.15) is 0 Å². The number of carboxylic acid groups (broad SMARTS) is 1. The number of carboxylic acids is 1. The van der Waals surface area contributed by atoms with Crippen LogP contribution < -0.4 is 11.5 Å². The van der Waals surface area contributed by atoms with Crippen LogP contribution in [0.4, 0.5) is 0 Å². The Hall–Kier alpha value is -2.07. The summed E-state index contributed by atoms with van der Waals surface area (Å²) in [7, 11) is -3.60. The fourth-order valence-corrected chi connectivity index (χ4v) is 3.24. The summed E-state index contributed by atoms with van der Waals surface area (Å²) in [5.41, 5.74) is 10.5. The van der Waals surface area contributed by atoms with Crippen LogP contribution in [-0.2, 0) is 14.6 Å². The summed E-state index contributed by atoms with van der Waals surface area (Å²) in [6, 6.07) is 3.15. The van der Waals surface area contributed by atoms with Gasteiger partial charge in [-0.05, 0) is 12.1 Å². The van der Waals surface area contributed by atoms with Gasteiger partial charge in [-0.1, -0.05) is 29.8 Å². The highest BCUT2D eigenvalue weighted by atomic mass is 35.5. The first-order chi connectivity index (χ1) is 11.5. The van der Waals surface area contributed by atoms with Gasteiger partial charge in [0, 0.05) is 28.7 Å². The molecule has 6 N–H and O–H groups in total. The van der Waals surface area contributed by atoms with Gasteiger partial charge in [0.15, 0.2) is 9.84 Å². The average molecular weight is 408 g/mol. The number of H-pyrrole nitrogens is 1. The number of aromatic carboxylic acids is 1. The number of primary amides is 1. The second kappa shape index (κ2) is 8.34. The zero-order valence-electron chi connectivity index (χ0n) is 12.8. The van der Waals surface area contributed by atoms with Crippen molar-refractivity contribution in [3.63, 3.8) is 0 Å². The Bertz CT molecular complexity index is 937. The Morgan fingerprint density at radius 2 is 1.88 bits per heavy atom. The maximum absolute atomic E-state index is 10.9. The van der Waals surface area contributed by atoms with Gasteiger partial charge in [0.05, 0.1) is 16.3 Å². The van der Waals surface area contributed by atoms with Crippen LogP contribution in [0.2, 0.25) is 10.0 Å². The molecular weight excluding hydrogens is 393 g/mol. The monoisotopic (exact) mass is 407 g/mol. The predicted octanol–water partition coefficient (Wildman–Crippen LogP) is 1.53. The van der Waals surface area contributed by atoms with Crippen molar-refractivity contribution in [3.05, 3.63) is 45.4 Å². The van der Waals surface area contributed by atoms with Crippen molar-refractivity contribution < 1.29 is 23.1 Å². The van der Waals surface area contributed by atoms with Crippen LogP contribution in [0.15, 0.2) is 29.8 Å². The van der Waals surface area contributed by atoms with Crippen molar-refractivity contribution in [2.75, 3.05) is 12.3 Å². The third-order valence-electron chi connectivity index (χ3n) is 2.96. The minimum atomic E-state index is -3.60. The fraction of sp³-hybridized carbons (Fsp3) is 0.143. The normalized spacial score (nSPS) is 10.8. The molecule has 0 aliphatic carbocycles. The molecule has 0 bridgehead atoms. The van der Waals surface area contributed by atoms with Crippen molar-refractivity contribution in [3.8, 4) is 0 Å². The second-order valence-electron chi connectivity index (χ2n) is 4.71. The largest absolute Gasteiger partial charge is 0.478 e. The zero-order valence-corrected chi connectivity index (χ0v) is 15.1. The summed E-state index contributed by atoms with van der Waals surface area (Å²) in [4.78, 5) is 23.3. The molecular formula is C14H15Cl2N3O5S. The van der Waals surface area contributed by atoms with E-state index >= 15 is 0 Å². The molecule has 0 saturated heterocycles. The smallest absolute Gasteiger partial charge is 0.337 e. The number of nitrogens with two attached hydrogens (primary N) is 2. The van der Waals surface area contributed by atoms with Gasteiger partial charge < -0.3 is 21.6 Å². The third kappa shape index (κ3) is 5.20. The highest BCUT2D eigenvalue weighted by molar-refractivity contribution is 7.96. The minimum absolute atomic E-state index is 0.0470. The summed E-state index contributed by atoms with van der Waals surface area (Å²) in [5.74, 6) is -2.34. The lowest BCUT2D eigenvalue weighted by Crippen LogP contribution is -2.25. The molecule has 2 rings (SSSR count). The lowest BCUT2D eigenvalue weighted by atomic mass is 10.2. The number of sulfone groups is 1. The van der Waals surface area contributed by atoms with Gasteiger partial charge in [0.1, 0.15) is 4.91 Å². The van der Waals surface area contributed by atoms with Crippen molar-refractivity contribution in [1.29, 1.82) is 0 Å². The van der Waals surface area contributed by atoms with Crippen molar-refractivity contribution in [2.45, 2.75) is 0 Å². The maximum Gasteiger partial charge on any atom is 0.337 e. The minimum Gasteiger partial charge on any atom is -0.478 e. The second-order valence-corrected chi connectivity index (χ2v) is 7.69. The first kappa shape index (κ1) is 21.0. The number of aromatic amines is 1. The third-order valence-corrected chi connectivity index (χ3v) is 5.21. The molecule has 0 fully saturated rings. The fourth-order valence-electron chi connectivity index (χ4n) is 1.78. The molecule has 11 heteroatoms. The van der Waals surface area contributed by atoms with E-state index in [2.05, 4.69) is 11.6 Å². The molecule has 1 aromatic heterocycles. The highest BCUT2D eigenvalue weighted by Crippen LogP contribution is 2.30. The molecule has 1 amide bonds. The van der Waals surface area contributed by atoms with Crippen molar-refractivity contribution >= 4 is 55.8 Å². The molecule has 0 radical (unpaired) electrons. The van der Waals surface area contributed by atoms with Crippen LogP contribution in [0.25, 0.3) is 10.9 Å². The van der Waals surface area contributed by atoms with Crippen LogP contribution in [0.5, 0.6) is 0 Å². The van der Waals surface area contributed by atoms with E-state index in [1.54, 1.807) is 6.07 Å². The average Bonchev–Trinajstić information content (AvgIpc) is 2.91. The molecule has 136 valence electrons. The number of nitrogens with one attached hydrogen (secondary N) is 1. The molecule has 0 saturated carbocycles. The van der Waals surface area contributed by atoms with E-state index < -0.39 is 26.6 Å². The summed E-state index contributed by atoms with van der Waals surface area (Å²) in [5, 5.41) is 10.2. The first-order valence-electron chi connectivity index (χ1n) is 6.62. The topological polar surface area (TPSA) is 156 Å². The lowest BCUT2D eigenvalue weighted by molar-refractivity contribution is -0.113. The number of carbonyl (C=O) groups is 2. The van der Waals surface area contributed by atoms with E-state index in [4.69, 9.17) is 39.8 Å². The molecule has 0 aliphatic heterocycles. The number of fused-ring (bicyclic) bond motifs is 1. The Labute approximate surface area is 153 Å². The number of carbonyl (C=O) groups excluding carboxylic acids is 1. The number of benzene rings is 1. The highest BCUT2D eigenvalue weighted by Gasteiger charge is 2.18. The van der Waals surface area contributed by atoms with Crippen molar-refractivity contribution in [1.82, 2.24) is 4.98 Å². The molecule has 0 atom stereocenters. The quantitative estimate of drug-likeness (QED) is 0.550. The van der Waals surface area contributed by atoms with Crippen LogP contribution in [0.3, 0.4) is 0 Å². The number of amides is 1. The molecule has 1 aromatic carbocycles. The molecule has 0 spiro atoms. The van der Waals surface area contributed by atoms with Gasteiger partial charge in [0.2, 0.25) is 0 Å². The number of hydrogen-bond donors (Lipinski definition) is 4. The Balaban J connectivity index is 0.000000260. The first-order valence-corrected chi connectivity index (χ1v) is 9.03. The Kier molecular flexibility index (Phi) is 7.00. The molecule has 8 nitrogen and oxygen atoms in total. The number of rotatable bonds is 5. The van der Waals surface area contributed by atoms with E-state index in [0.29, 0.717) is 20.9 Å². The van der Waals surface area contributed by atoms with Crippen molar-refractivity contribution in [2.24, 2.45) is 11.5 Å². The number of aromatic nitrogens is 1. The molecule has 25 heavy (non-hydrogen) atoms. The summed E-state index contributed by atoms with van der Waals surface area (Å²) in [6.07, 6.45) is 1.40. The van der Waals surface area contributed by atoms with Gasteiger partial charge in [0.25, 0.3) is 5.91 Å². The summed E-state index contributed by atoms with van der Waals surface area (Å²) in [6.45, 7) is 2.98. The van der Waals surface area contributed by atoms with Gasteiger partial charge in [-0.25, -0.2) is 13.2 Å². The van der Waals surface area contributed by atoms with E-state index in [-0.39, 0.29) is 17.9 Å². The van der Waals surface area contributed by atoms with E-state index in [1.165, 1.54) is 12.3 Å². The van der Waals surface area contributed by atoms with Crippen LogP contribution >= 0.6 is 23.2 Å². The summed E-state index contributed by atoms with van der Waals surface area (Å²) < 4.78 is 21.8. The molecule has 0 aliphatic rings. The van der Waals surface area contributed by atoms with E-state index in [9.17, 15) is 18.0 Å². The number of hydrogen-bond acceptors (Lipinski definition) is 5. The Morgan fingerprint density at radius 3 is 2.36 bits per heavy atom. The van der Waals surface area contributed by atoms with Gasteiger partial charge in [-0.3, -0.25) is 4.79 Å². The number of halogens is 2. The van der Waals surface area contributed by atoms with E-state index in [1.807, 2.05) is 0 Å². The van der Waals surface area contributed by atoms with Crippen LogP contribution in [-0.4, -0.2) is 42.7 Å². The molecule has 2 aromatic rings. The lowest BCUT2D eigenvalue weighted by Gasteiger charge is -2.00. The Morgan fingerprint density at radius 1 is 1.28 bits per heavy atom. The summed E-state index contributed by atoms with van der Waals surface area (Å²) >= 11 is 11.6. The standard InChI is InChI=1S/C9H5Cl2NO2.C5H10N2O3S/c10-4-1-6(11)8-5(9(13)14)3-12-7(8)2-4;1-4(5(7)8)11(9,10)3-2-6/h1-3,12H,(H,13,14);1-3,6H2,(H2,7,8). The van der Waals surface area contributed by atoms with Crippen LogP contribution in [0.1, 0.15) is 10.4 Å². The maximum atomic E-state index is 10.9. The SMILES string of the molecule is C=C(C(N)=O)S(=O)(=O)CCN.O=C(O)c1c[nH]c2cc(Cl)cc(Cl)c12. The predicted molar refractivity (Wildman–Crippen MR) is 96.5 cm³/mol. The zero-order chi connectivity index (χ0) is 19.4. The molecule has 0 unspecified atom stereocenters. The molecule has 1 heterocycles.